The highest BCUT2D eigenvalue weighted by Crippen LogP contribution is 2.20. The van der Waals surface area contributed by atoms with Crippen molar-refractivity contribution in [3.63, 3.8) is 0 Å². The maximum absolute atomic E-state index is 5.87. The molecular formula is C18H19N5O2. The lowest BCUT2D eigenvalue weighted by atomic mass is 10.2. The number of rotatable bonds is 6. The fourth-order valence-corrected chi connectivity index (χ4v) is 2.72. The Balaban J connectivity index is 1.38. The SMILES string of the molecule is c1ccc(-n2nnnc2CNc2ccc(OC3CCOC3)cc2)cc1. The van der Waals surface area contributed by atoms with Crippen LogP contribution in [-0.2, 0) is 11.3 Å². The first-order valence-electron chi connectivity index (χ1n) is 8.29. The number of ether oxygens (including phenoxy) is 2. The van der Waals surface area contributed by atoms with Crippen LogP contribution in [0.1, 0.15) is 12.2 Å². The van der Waals surface area contributed by atoms with Crippen LogP contribution in [0.4, 0.5) is 5.69 Å². The van der Waals surface area contributed by atoms with Gasteiger partial charge in [-0.3, -0.25) is 0 Å². The van der Waals surface area contributed by atoms with Crippen LogP contribution in [0.25, 0.3) is 5.69 Å². The molecule has 7 nitrogen and oxygen atoms in total. The van der Waals surface area contributed by atoms with E-state index in [2.05, 4.69) is 20.8 Å². The van der Waals surface area contributed by atoms with Gasteiger partial charge in [-0.25, -0.2) is 0 Å². The van der Waals surface area contributed by atoms with E-state index in [9.17, 15) is 0 Å². The summed E-state index contributed by atoms with van der Waals surface area (Å²) in [6.45, 7) is 1.97. The summed E-state index contributed by atoms with van der Waals surface area (Å²) in [7, 11) is 0. The van der Waals surface area contributed by atoms with Gasteiger partial charge in [0.15, 0.2) is 5.82 Å². The summed E-state index contributed by atoms with van der Waals surface area (Å²) >= 11 is 0. The van der Waals surface area contributed by atoms with Gasteiger partial charge in [-0.05, 0) is 46.8 Å². The molecule has 1 unspecified atom stereocenters. The van der Waals surface area contributed by atoms with E-state index in [0.717, 1.165) is 36.0 Å². The topological polar surface area (TPSA) is 74.1 Å². The van der Waals surface area contributed by atoms with Crippen LogP contribution in [0.2, 0.25) is 0 Å². The minimum absolute atomic E-state index is 0.161. The van der Waals surface area contributed by atoms with Gasteiger partial charge in [-0.1, -0.05) is 18.2 Å². The molecule has 0 bridgehead atoms. The van der Waals surface area contributed by atoms with E-state index >= 15 is 0 Å². The largest absolute Gasteiger partial charge is 0.488 e. The predicted octanol–water partition coefficient (Wildman–Crippen LogP) is 2.44. The molecule has 7 heteroatoms. The van der Waals surface area contributed by atoms with E-state index in [1.807, 2.05) is 54.6 Å². The molecule has 128 valence electrons. The molecule has 25 heavy (non-hydrogen) atoms. The summed E-state index contributed by atoms with van der Waals surface area (Å²) in [5.74, 6) is 1.60. The van der Waals surface area contributed by atoms with Crippen molar-refractivity contribution in [2.75, 3.05) is 18.5 Å². The molecule has 1 aliphatic heterocycles. The van der Waals surface area contributed by atoms with E-state index in [0.29, 0.717) is 13.2 Å². The van der Waals surface area contributed by atoms with Gasteiger partial charge in [0.2, 0.25) is 0 Å². The second kappa shape index (κ2) is 7.31. The minimum atomic E-state index is 0.161. The Labute approximate surface area is 145 Å². The molecule has 0 radical (unpaired) electrons. The summed E-state index contributed by atoms with van der Waals surface area (Å²) in [5.41, 5.74) is 1.92. The molecule has 1 saturated heterocycles. The van der Waals surface area contributed by atoms with Crippen LogP contribution >= 0.6 is 0 Å². The van der Waals surface area contributed by atoms with Crippen molar-refractivity contribution in [1.82, 2.24) is 20.2 Å². The molecular weight excluding hydrogens is 318 g/mol. The Kier molecular flexibility index (Phi) is 4.56. The van der Waals surface area contributed by atoms with Gasteiger partial charge in [0.25, 0.3) is 0 Å². The highest BCUT2D eigenvalue weighted by molar-refractivity contribution is 5.46. The molecule has 0 amide bonds. The van der Waals surface area contributed by atoms with Crippen LogP contribution < -0.4 is 10.1 Å². The van der Waals surface area contributed by atoms with Crippen LogP contribution in [0.15, 0.2) is 54.6 Å². The van der Waals surface area contributed by atoms with Crippen LogP contribution in [0.3, 0.4) is 0 Å². The van der Waals surface area contributed by atoms with Crippen molar-refractivity contribution in [3.8, 4) is 11.4 Å². The smallest absolute Gasteiger partial charge is 0.175 e. The number of anilines is 1. The second-order valence-electron chi connectivity index (χ2n) is 5.82. The molecule has 1 aromatic heterocycles. The first-order valence-corrected chi connectivity index (χ1v) is 8.29. The molecule has 0 saturated carbocycles. The van der Waals surface area contributed by atoms with Crippen LogP contribution in [-0.4, -0.2) is 39.5 Å². The van der Waals surface area contributed by atoms with Crippen LogP contribution in [0.5, 0.6) is 5.75 Å². The van der Waals surface area contributed by atoms with E-state index in [4.69, 9.17) is 9.47 Å². The third kappa shape index (κ3) is 3.77. The highest BCUT2D eigenvalue weighted by Gasteiger charge is 2.16. The molecule has 1 atom stereocenters. The number of benzene rings is 2. The standard InChI is InChI=1S/C18H19N5O2/c1-2-4-15(5-3-1)23-18(20-21-22-23)12-19-14-6-8-16(9-7-14)25-17-10-11-24-13-17/h1-9,17,19H,10-13H2. The summed E-state index contributed by atoms with van der Waals surface area (Å²) in [5, 5.41) is 15.3. The monoisotopic (exact) mass is 337 g/mol. The number of tetrazole rings is 1. The molecule has 4 rings (SSSR count). The van der Waals surface area contributed by atoms with Gasteiger partial charge in [-0.15, -0.1) is 5.10 Å². The second-order valence-corrected chi connectivity index (χ2v) is 5.82. The van der Waals surface area contributed by atoms with Crippen molar-refractivity contribution >= 4 is 5.69 Å². The number of hydrogen-bond acceptors (Lipinski definition) is 6. The van der Waals surface area contributed by atoms with Crippen molar-refractivity contribution in [1.29, 1.82) is 0 Å². The van der Waals surface area contributed by atoms with Gasteiger partial charge in [0.05, 0.1) is 25.4 Å². The lowest BCUT2D eigenvalue weighted by Gasteiger charge is -2.12. The first-order chi connectivity index (χ1) is 12.4. The Morgan fingerprint density at radius 3 is 2.72 bits per heavy atom. The number of para-hydroxylation sites is 1. The van der Waals surface area contributed by atoms with Crippen molar-refractivity contribution in [2.45, 2.75) is 19.1 Å². The minimum Gasteiger partial charge on any atom is -0.488 e. The summed E-state index contributed by atoms with van der Waals surface area (Å²) in [6, 6.07) is 17.7. The predicted molar refractivity (Wildman–Crippen MR) is 92.8 cm³/mol. The molecule has 3 aromatic rings. The van der Waals surface area contributed by atoms with E-state index in [1.54, 1.807) is 4.68 Å². The van der Waals surface area contributed by atoms with Crippen molar-refractivity contribution in [3.05, 3.63) is 60.4 Å². The summed E-state index contributed by atoms with van der Waals surface area (Å²) in [6.07, 6.45) is 1.11. The van der Waals surface area contributed by atoms with Gasteiger partial charge in [-0.2, -0.15) is 4.68 Å². The van der Waals surface area contributed by atoms with Crippen molar-refractivity contribution in [2.24, 2.45) is 0 Å². The zero-order valence-corrected chi connectivity index (χ0v) is 13.7. The lowest BCUT2D eigenvalue weighted by Crippen LogP contribution is -2.15. The van der Waals surface area contributed by atoms with Gasteiger partial charge in [0.1, 0.15) is 11.9 Å². The molecule has 2 aromatic carbocycles. The van der Waals surface area contributed by atoms with Gasteiger partial charge >= 0.3 is 0 Å². The Hall–Kier alpha value is -2.93. The Morgan fingerprint density at radius 1 is 1.12 bits per heavy atom. The van der Waals surface area contributed by atoms with Crippen molar-refractivity contribution < 1.29 is 9.47 Å². The molecule has 0 aliphatic carbocycles. The average Bonchev–Trinajstić information content (AvgIpc) is 3.33. The van der Waals surface area contributed by atoms with Gasteiger partial charge in [0, 0.05) is 12.1 Å². The van der Waals surface area contributed by atoms with Gasteiger partial charge < -0.3 is 14.8 Å². The molecule has 1 fully saturated rings. The summed E-state index contributed by atoms with van der Waals surface area (Å²) in [4.78, 5) is 0. The number of hydrogen-bond donors (Lipinski definition) is 1. The normalized spacial score (nSPS) is 16.7. The molecule has 2 heterocycles. The van der Waals surface area contributed by atoms with E-state index < -0.39 is 0 Å². The fraction of sp³-hybridized carbons (Fsp3) is 0.278. The Morgan fingerprint density at radius 2 is 1.96 bits per heavy atom. The quantitative estimate of drug-likeness (QED) is 0.745. The van der Waals surface area contributed by atoms with E-state index in [-0.39, 0.29) is 6.10 Å². The maximum atomic E-state index is 5.87. The zero-order chi connectivity index (χ0) is 16.9. The highest BCUT2D eigenvalue weighted by atomic mass is 16.5. The summed E-state index contributed by atoms with van der Waals surface area (Å²) < 4.78 is 12.9. The maximum Gasteiger partial charge on any atom is 0.175 e. The molecule has 1 aliphatic rings. The first kappa shape index (κ1) is 15.6. The lowest BCUT2D eigenvalue weighted by molar-refractivity contribution is 0.141. The number of aromatic nitrogens is 4. The Bertz CT molecular complexity index is 798. The number of nitrogens with one attached hydrogen (secondary N) is 1. The zero-order valence-electron chi connectivity index (χ0n) is 13.7. The third-order valence-corrected chi connectivity index (χ3v) is 4.03. The van der Waals surface area contributed by atoms with Crippen LogP contribution in [0, 0.1) is 0 Å². The average molecular weight is 337 g/mol. The van der Waals surface area contributed by atoms with E-state index in [1.165, 1.54) is 0 Å². The number of nitrogens with zero attached hydrogens (tertiary/aromatic N) is 4. The fourth-order valence-electron chi connectivity index (χ4n) is 2.72. The molecule has 0 spiro atoms. The molecule has 1 N–H and O–H groups in total. The third-order valence-electron chi connectivity index (χ3n) is 4.03.